The zero-order chi connectivity index (χ0) is 21.1. The van der Waals surface area contributed by atoms with Crippen LogP contribution < -0.4 is 5.32 Å². The average Bonchev–Trinajstić information content (AvgIpc) is 3.09. The lowest BCUT2D eigenvalue weighted by Gasteiger charge is -2.23. The van der Waals surface area contributed by atoms with Crippen molar-refractivity contribution in [2.45, 2.75) is 59.4 Å². The van der Waals surface area contributed by atoms with Crippen LogP contribution in [0.5, 0.6) is 0 Å². The van der Waals surface area contributed by atoms with Crippen molar-refractivity contribution in [1.82, 2.24) is 9.78 Å². The molecule has 0 saturated carbocycles. The first-order valence-electron chi connectivity index (χ1n) is 9.52. The molecule has 0 fully saturated rings. The maximum absolute atomic E-state index is 12.9. The third-order valence-corrected chi connectivity index (χ3v) is 4.50. The lowest BCUT2D eigenvalue weighted by Crippen LogP contribution is -2.30. The van der Waals surface area contributed by atoms with Crippen LogP contribution >= 0.6 is 0 Å². The number of nitriles is 1. The monoisotopic (exact) mass is 380 g/mol. The summed E-state index contributed by atoms with van der Waals surface area (Å²) >= 11 is 0. The van der Waals surface area contributed by atoms with E-state index in [2.05, 4.69) is 10.4 Å². The Bertz CT molecular complexity index is 896. The van der Waals surface area contributed by atoms with E-state index in [-0.39, 0.29) is 17.2 Å². The Kier molecular flexibility index (Phi) is 6.40. The second kappa shape index (κ2) is 8.39. The lowest BCUT2D eigenvalue weighted by molar-refractivity contribution is -0.117. The number of hydrogen-bond acceptors (Lipinski definition) is 4. The van der Waals surface area contributed by atoms with Crippen LogP contribution in [0.2, 0.25) is 0 Å². The van der Waals surface area contributed by atoms with Crippen LogP contribution in [0, 0.1) is 17.2 Å². The molecule has 6 nitrogen and oxygen atoms in total. The van der Waals surface area contributed by atoms with Gasteiger partial charge in [0.1, 0.15) is 5.69 Å². The summed E-state index contributed by atoms with van der Waals surface area (Å²) in [5, 5.41) is 16.5. The lowest BCUT2D eigenvalue weighted by atomic mass is 10.0. The number of anilines is 1. The zero-order valence-electron chi connectivity index (χ0n) is 17.4. The molecule has 148 valence electrons. The first-order chi connectivity index (χ1) is 13.1. The van der Waals surface area contributed by atoms with Crippen molar-refractivity contribution in [2.24, 2.45) is 5.92 Å². The number of amides is 1. The standard InChI is InChI=1S/C22H28N4O2/c1-7-15-8-10-16(11-9-15)24-21(28)17(13-23)20(27)18-12-19(14(2)3)26(25-18)22(4,5)6/h8-12,14,17H,7H2,1-6H3,(H,24,28). The third-order valence-electron chi connectivity index (χ3n) is 4.50. The van der Waals surface area contributed by atoms with Gasteiger partial charge in [0.15, 0.2) is 5.92 Å². The summed E-state index contributed by atoms with van der Waals surface area (Å²) in [5.74, 6) is -2.53. The Balaban J connectivity index is 2.27. The van der Waals surface area contributed by atoms with Gasteiger partial charge in [0.05, 0.1) is 11.6 Å². The van der Waals surface area contributed by atoms with E-state index >= 15 is 0 Å². The minimum Gasteiger partial charge on any atom is -0.325 e. The molecular formula is C22H28N4O2. The highest BCUT2D eigenvalue weighted by Gasteiger charge is 2.32. The summed E-state index contributed by atoms with van der Waals surface area (Å²) in [6.45, 7) is 12.1. The number of carbonyl (C=O) groups is 2. The molecule has 28 heavy (non-hydrogen) atoms. The van der Waals surface area contributed by atoms with Gasteiger partial charge in [-0.15, -0.1) is 0 Å². The Morgan fingerprint density at radius 1 is 1.21 bits per heavy atom. The molecule has 1 unspecified atom stereocenters. The molecule has 1 atom stereocenters. The minimum absolute atomic E-state index is 0.140. The van der Waals surface area contributed by atoms with Gasteiger partial charge in [-0.05, 0) is 56.9 Å². The summed E-state index contributed by atoms with van der Waals surface area (Å²) in [6.07, 6.45) is 0.891. The van der Waals surface area contributed by atoms with Gasteiger partial charge in [-0.3, -0.25) is 14.3 Å². The van der Waals surface area contributed by atoms with Gasteiger partial charge in [-0.1, -0.05) is 32.9 Å². The van der Waals surface area contributed by atoms with Gasteiger partial charge >= 0.3 is 0 Å². The fourth-order valence-electron chi connectivity index (χ4n) is 2.89. The van der Waals surface area contributed by atoms with E-state index in [1.807, 2.05) is 59.7 Å². The van der Waals surface area contributed by atoms with E-state index in [1.54, 1.807) is 22.9 Å². The second-order valence-electron chi connectivity index (χ2n) is 8.16. The predicted molar refractivity (Wildman–Crippen MR) is 109 cm³/mol. The Hall–Kier alpha value is -2.94. The van der Waals surface area contributed by atoms with Gasteiger partial charge in [0.2, 0.25) is 11.7 Å². The summed E-state index contributed by atoms with van der Waals surface area (Å²) in [7, 11) is 0. The van der Waals surface area contributed by atoms with Crippen LogP contribution in [0.3, 0.4) is 0 Å². The van der Waals surface area contributed by atoms with Crippen molar-refractivity contribution in [2.75, 3.05) is 5.32 Å². The molecular weight excluding hydrogens is 352 g/mol. The Morgan fingerprint density at radius 2 is 1.82 bits per heavy atom. The smallest absolute Gasteiger partial charge is 0.249 e. The quantitative estimate of drug-likeness (QED) is 0.598. The van der Waals surface area contributed by atoms with Crippen LogP contribution in [0.25, 0.3) is 0 Å². The molecule has 1 N–H and O–H groups in total. The van der Waals surface area contributed by atoms with E-state index < -0.39 is 17.6 Å². The van der Waals surface area contributed by atoms with Crippen molar-refractivity contribution in [3.05, 3.63) is 47.3 Å². The van der Waals surface area contributed by atoms with Crippen molar-refractivity contribution in [1.29, 1.82) is 5.26 Å². The van der Waals surface area contributed by atoms with Crippen molar-refractivity contribution in [3.63, 3.8) is 0 Å². The summed E-state index contributed by atoms with van der Waals surface area (Å²) < 4.78 is 1.79. The van der Waals surface area contributed by atoms with Crippen molar-refractivity contribution < 1.29 is 9.59 Å². The molecule has 0 spiro atoms. The molecule has 0 aliphatic carbocycles. The molecule has 0 aliphatic rings. The van der Waals surface area contributed by atoms with Crippen LogP contribution in [0.15, 0.2) is 30.3 Å². The van der Waals surface area contributed by atoms with E-state index in [1.165, 1.54) is 0 Å². The van der Waals surface area contributed by atoms with E-state index in [9.17, 15) is 14.9 Å². The number of nitrogens with zero attached hydrogens (tertiary/aromatic N) is 3. The fraction of sp³-hybridized carbons (Fsp3) is 0.455. The molecule has 2 aromatic rings. The summed E-state index contributed by atoms with van der Waals surface area (Å²) in [4.78, 5) is 25.4. The normalized spacial score (nSPS) is 12.5. The molecule has 1 aromatic heterocycles. The van der Waals surface area contributed by atoms with Crippen LogP contribution in [0.4, 0.5) is 5.69 Å². The first kappa shape index (κ1) is 21.4. The molecule has 1 amide bonds. The maximum Gasteiger partial charge on any atom is 0.249 e. The van der Waals surface area contributed by atoms with Gasteiger partial charge in [0.25, 0.3) is 0 Å². The van der Waals surface area contributed by atoms with Gasteiger partial charge < -0.3 is 5.32 Å². The topological polar surface area (TPSA) is 87.8 Å². The summed E-state index contributed by atoms with van der Waals surface area (Å²) in [5.41, 5.74) is 2.41. The van der Waals surface area contributed by atoms with Crippen LogP contribution in [-0.4, -0.2) is 21.5 Å². The van der Waals surface area contributed by atoms with Gasteiger partial charge in [0, 0.05) is 11.4 Å². The van der Waals surface area contributed by atoms with Crippen LogP contribution in [0.1, 0.15) is 69.2 Å². The van der Waals surface area contributed by atoms with E-state index in [4.69, 9.17) is 0 Å². The van der Waals surface area contributed by atoms with Crippen molar-refractivity contribution >= 4 is 17.4 Å². The van der Waals surface area contributed by atoms with Crippen molar-refractivity contribution in [3.8, 4) is 6.07 Å². The first-order valence-corrected chi connectivity index (χ1v) is 9.52. The number of hydrogen-bond donors (Lipinski definition) is 1. The number of aromatic nitrogens is 2. The SMILES string of the molecule is CCc1ccc(NC(=O)C(C#N)C(=O)c2cc(C(C)C)n(C(C)(C)C)n2)cc1. The number of benzene rings is 1. The van der Waals surface area contributed by atoms with Gasteiger partial charge in [-0.2, -0.15) is 10.4 Å². The number of carbonyl (C=O) groups excluding carboxylic acids is 2. The van der Waals surface area contributed by atoms with Gasteiger partial charge in [-0.25, -0.2) is 0 Å². The highest BCUT2D eigenvalue weighted by atomic mass is 16.2. The molecule has 0 saturated heterocycles. The molecule has 0 radical (unpaired) electrons. The predicted octanol–water partition coefficient (Wildman–Crippen LogP) is 4.29. The number of nitrogens with one attached hydrogen (secondary N) is 1. The molecule has 6 heteroatoms. The number of Topliss-reactive ketones (excluding diaryl/α,β-unsaturated/α-hetero) is 1. The Morgan fingerprint density at radius 3 is 2.25 bits per heavy atom. The maximum atomic E-state index is 12.9. The largest absolute Gasteiger partial charge is 0.325 e. The molecule has 1 heterocycles. The summed E-state index contributed by atoms with van der Waals surface area (Å²) in [6, 6.07) is 10.8. The second-order valence-corrected chi connectivity index (χ2v) is 8.16. The molecule has 0 bridgehead atoms. The zero-order valence-corrected chi connectivity index (χ0v) is 17.4. The number of rotatable bonds is 6. The molecule has 2 rings (SSSR count). The van der Waals surface area contributed by atoms with E-state index in [0.717, 1.165) is 17.7 Å². The molecule has 1 aromatic carbocycles. The fourth-order valence-corrected chi connectivity index (χ4v) is 2.89. The average molecular weight is 380 g/mol. The highest BCUT2D eigenvalue weighted by molar-refractivity contribution is 6.14. The van der Waals surface area contributed by atoms with Crippen LogP contribution in [-0.2, 0) is 16.8 Å². The Labute approximate surface area is 166 Å². The van der Waals surface area contributed by atoms with E-state index in [0.29, 0.717) is 5.69 Å². The third kappa shape index (κ3) is 4.66. The molecule has 0 aliphatic heterocycles. The number of aryl methyl sites for hydroxylation is 1. The number of ketones is 1. The minimum atomic E-state index is -1.45. The highest BCUT2D eigenvalue weighted by Crippen LogP contribution is 2.25.